The zero-order chi connectivity index (χ0) is 12.1. The number of carbonyl (C=O) groups excluding carboxylic acids is 1. The van der Waals surface area contributed by atoms with Gasteiger partial charge in [-0.05, 0) is 38.5 Å². The van der Waals surface area contributed by atoms with Crippen LogP contribution in [0.25, 0.3) is 0 Å². The molecule has 0 aliphatic carbocycles. The van der Waals surface area contributed by atoms with E-state index in [9.17, 15) is 4.79 Å². The largest absolute Gasteiger partial charge is 0.381 e. The van der Waals surface area contributed by atoms with Crippen molar-refractivity contribution < 1.29 is 4.79 Å². The number of carbonyl (C=O) groups is 1. The number of hydrogen-bond acceptors (Lipinski definition) is 2. The van der Waals surface area contributed by atoms with Gasteiger partial charge in [0.15, 0.2) is 0 Å². The lowest BCUT2D eigenvalue weighted by Crippen LogP contribution is -2.12. The third-order valence-electron chi connectivity index (χ3n) is 2.32. The number of nitrogens with two attached hydrogens (primary N) is 1. The van der Waals surface area contributed by atoms with E-state index in [2.05, 4.69) is 11.4 Å². The highest BCUT2D eigenvalue weighted by Gasteiger charge is 2.03. The van der Waals surface area contributed by atoms with Crippen LogP contribution in [0.4, 0.5) is 5.69 Å². The predicted molar refractivity (Wildman–Crippen MR) is 67.6 cm³/mol. The minimum atomic E-state index is -0.398. The molecule has 1 aromatic carbocycles. The Bertz CT molecular complexity index is 418. The Morgan fingerprint density at radius 1 is 1.44 bits per heavy atom. The lowest BCUT2D eigenvalue weighted by Gasteiger charge is -2.09. The fourth-order valence-electron chi connectivity index (χ4n) is 1.33. The number of aryl methyl sites for hydroxylation is 1. The maximum atomic E-state index is 11.0. The zero-order valence-electron chi connectivity index (χ0n) is 10.0. The first-order valence-electron chi connectivity index (χ1n) is 5.28. The van der Waals surface area contributed by atoms with Crippen LogP contribution in [0.1, 0.15) is 29.8 Å². The van der Waals surface area contributed by atoms with Gasteiger partial charge in [0.2, 0.25) is 5.91 Å². The smallest absolute Gasteiger partial charge is 0.248 e. The SMILES string of the molecule is CC(C)=CCNc1cc(C(N)=O)ccc1C. The average Bonchev–Trinajstić information content (AvgIpc) is 2.20. The fraction of sp³-hybridized carbons (Fsp3) is 0.308. The molecule has 0 heterocycles. The van der Waals surface area contributed by atoms with Gasteiger partial charge >= 0.3 is 0 Å². The summed E-state index contributed by atoms with van der Waals surface area (Å²) in [7, 11) is 0. The van der Waals surface area contributed by atoms with Crippen LogP contribution in [0.2, 0.25) is 0 Å². The van der Waals surface area contributed by atoms with Gasteiger partial charge in [-0.3, -0.25) is 4.79 Å². The van der Waals surface area contributed by atoms with Crippen LogP contribution in [0.3, 0.4) is 0 Å². The summed E-state index contributed by atoms with van der Waals surface area (Å²) in [4.78, 5) is 11.0. The standard InChI is InChI=1S/C13H18N2O/c1-9(2)6-7-15-12-8-11(13(14)16)5-4-10(12)3/h4-6,8,15H,7H2,1-3H3,(H2,14,16). The van der Waals surface area contributed by atoms with Crippen LogP contribution in [0.5, 0.6) is 0 Å². The van der Waals surface area contributed by atoms with E-state index in [0.717, 1.165) is 17.8 Å². The number of nitrogens with one attached hydrogen (secondary N) is 1. The number of rotatable bonds is 4. The molecule has 0 atom stereocenters. The van der Waals surface area contributed by atoms with Crippen LogP contribution in [0.15, 0.2) is 29.8 Å². The summed E-state index contributed by atoms with van der Waals surface area (Å²) in [5.74, 6) is -0.398. The van der Waals surface area contributed by atoms with E-state index >= 15 is 0 Å². The van der Waals surface area contributed by atoms with Gasteiger partial charge in [-0.15, -0.1) is 0 Å². The molecule has 0 aliphatic rings. The Labute approximate surface area is 96.3 Å². The Hall–Kier alpha value is -1.77. The van der Waals surface area contributed by atoms with Crippen molar-refractivity contribution in [2.24, 2.45) is 5.73 Å². The van der Waals surface area contributed by atoms with Crippen molar-refractivity contribution in [3.05, 3.63) is 41.0 Å². The Morgan fingerprint density at radius 3 is 2.69 bits per heavy atom. The van der Waals surface area contributed by atoms with Crippen molar-refractivity contribution in [2.75, 3.05) is 11.9 Å². The topological polar surface area (TPSA) is 55.1 Å². The normalized spacial score (nSPS) is 9.69. The van der Waals surface area contributed by atoms with Crippen molar-refractivity contribution in [1.29, 1.82) is 0 Å². The minimum Gasteiger partial charge on any atom is -0.381 e. The van der Waals surface area contributed by atoms with Gasteiger partial charge in [0.05, 0.1) is 0 Å². The van der Waals surface area contributed by atoms with Crippen LogP contribution >= 0.6 is 0 Å². The van der Waals surface area contributed by atoms with Crippen molar-refractivity contribution in [1.82, 2.24) is 0 Å². The molecule has 3 N–H and O–H groups in total. The molecule has 0 unspecified atom stereocenters. The van der Waals surface area contributed by atoms with Crippen LogP contribution < -0.4 is 11.1 Å². The van der Waals surface area contributed by atoms with Gasteiger partial charge in [-0.1, -0.05) is 17.7 Å². The van der Waals surface area contributed by atoms with E-state index in [1.54, 1.807) is 12.1 Å². The number of primary amides is 1. The molecule has 0 spiro atoms. The van der Waals surface area contributed by atoms with Crippen molar-refractivity contribution in [2.45, 2.75) is 20.8 Å². The van der Waals surface area contributed by atoms with E-state index in [0.29, 0.717) is 5.56 Å². The summed E-state index contributed by atoms with van der Waals surface area (Å²) >= 11 is 0. The molecule has 86 valence electrons. The van der Waals surface area contributed by atoms with Gasteiger partial charge in [-0.25, -0.2) is 0 Å². The molecule has 0 saturated heterocycles. The Balaban J connectivity index is 2.82. The molecular weight excluding hydrogens is 200 g/mol. The second kappa shape index (κ2) is 5.35. The van der Waals surface area contributed by atoms with Crippen LogP contribution in [0, 0.1) is 6.92 Å². The molecule has 1 rings (SSSR count). The summed E-state index contributed by atoms with van der Waals surface area (Å²) in [5.41, 5.74) is 9.08. The molecule has 16 heavy (non-hydrogen) atoms. The van der Waals surface area contributed by atoms with Gasteiger partial charge in [0, 0.05) is 17.8 Å². The highest BCUT2D eigenvalue weighted by Crippen LogP contribution is 2.16. The number of hydrogen-bond donors (Lipinski definition) is 2. The highest BCUT2D eigenvalue weighted by molar-refractivity contribution is 5.94. The van der Waals surface area contributed by atoms with Gasteiger partial charge in [-0.2, -0.15) is 0 Å². The number of amides is 1. The van der Waals surface area contributed by atoms with Gasteiger partial charge in [0.25, 0.3) is 0 Å². The van der Waals surface area contributed by atoms with Crippen LogP contribution in [-0.2, 0) is 0 Å². The molecule has 3 nitrogen and oxygen atoms in total. The quantitative estimate of drug-likeness (QED) is 0.763. The third kappa shape index (κ3) is 3.42. The molecule has 0 bridgehead atoms. The summed E-state index contributed by atoms with van der Waals surface area (Å²) in [6.45, 7) is 6.85. The predicted octanol–water partition coefficient (Wildman–Crippen LogP) is 2.47. The Morgan fingerprint density at radius 2 is 2.12 bits per heavy atom. The zero-order valence-corrected chi connectivity index (χ0v) is 10.0. The first-order valence-corrected chi connectivity index (χ1v) is 5.28. The number of anilines is 1. The molecule has 0 aromatic heterocycles. The molecule has 0 radical (unpaired) electrons. The lowest BCUT2D eigenvalue weighted by molar-refractivity contribution is 0.100. The van der Waals surface area contributed by atoms with Crippen molar-refractivity contribution >= 4 is 11.6 Å². The van der Waals surface area contributed by atoms with Gasteiger partial charge in [0.1, 0.15) is 0 Å². The molecule has 3 heteroatoms. The fourth-order valence-corrected chi connectivity index (χ4v) is 1.33. The van der Waals surface area contributed by atoms with E-state index < -0.39 is 5.91 Å². The van der Waals surface area contributed by atoms with E-state index in [4.69, 9.17) is 5.73 Å². The summed E-state index contributed by atoms with van der Waals surface area (Å²) < 4.78 is 0. The van der Waals surface area contributed by atoms with E-state index in [1.807, 2.05) is 26.8 Å². The number of benzene rings is 1. The second-order valence-electron chi connectivity index (χ2n) is 4.06. The molecule has 0 aliphatic heterocycles. The van der Waals surface area contributed by atoms with Crippen molar-refractivity contribution in [3.63, 3.8) is 0 Å². The monoisotopic (exact) mass is 218 g/mol. The van der Waals surface area contributed by atoms with Gasteiger partial charge < -0.3 is 11.1 Å². The first kappa shape index (κ1) is 12.3. The summed E-state index contributed by atoms with van der Waals surface area (Å²) in [5, 5.41) is 3.26. The highest BCUT2D eigenvalue weighted by atomic mass is 16.1. The molecule has 0 saturated carbocycles. The first-order chi connectivity index (χ1) is 7.50. The maximum Gasteiger partial charge on any atom is 0.248 e. The maximum absolute atomic E-state index is 11.0. The molecular formula is C13H18N2O. The summed E-state index contributed by atoms with van der Waals surface area (Å²) in [6, 6.07) is 5.42. The van der Waals surface area contributed by atoms with Crippen molar-refractivity contribution in [3.8, 4) is 0 Å². The molecule has 1 aromatic rings. The molecule has 0 fully saturated rings. The Kier molecular flexibility index (Phi) is 4.11. The van der Waals surface area contributed by atoms with E-state index in [-0.39, 0.29) is 0 Å². The third-order valence-corrected chi connectivity index (χ3v) is 2.32. The van der Waals surface area contributed by atoms with E-state index in [1.165, 1.54) is 5.57 Å². The average molecular weight is 218 g/mol. The minimum absolute atomic E-state index is 0.398. The number of allylic oxidation sites excluding steroid dienone is 1. The lowest BCUT2D eigenvalue weighted by atomic mass is 10.1. The summed E-state index contributed by atoms with van der Waals surface area (Å²) in [6.07, 6.45) is 2.09. The second-order valence-corrected chi connectivity index (χ2v) is 4.06. The molecule has 1 amide bonds. The van der Waals surface area contributed by atoms with Crippen LogP contribution in [-0.4, -0.2) is 12.5 Å².